The van der Waals surface area contributed by atoms with Crippen LogP contribution in [-0.4, -0.2) is 69.3 Å². The van der Waals surface area contributed by atoms with Crippen molar-refractivity contribution in [3.8, 4) is 0 Å². The summed E-state index contributed by atoms with van der Waals surface area (Å²) >= 11 is 6.02. The fraction of sp³-hybridized carbons (Fsp3) is 0.562. The molecule has 0 N–H and O–H groups in total. The molecule has 1 atom stereocenters. The second-order valence-electron chi connectivity index (χ2n) is 6.65. The topological polar surface area (TPSA) is 93.3 Å². The van der Waals surface area contributed by atoms with Crippen LogP contribution < -0.4 is 0 Å². The maximum Gasteiger partial charge on any atom is 0.247 e. The van der Waals surface area contributed by atoms with E-state index in [0.29, 0.717) is 23.8 Å². The Balaban J connectivity index is 1.69. The van der Waals surface area contributed by atoms with Crippen LogP contribution in [0.15, 0.2) is 17.3 Å². The Hall–Kier alpha value is -1.91. The first kappa shape index (κ1) is 19.8. The number of amides is 1. The van der Waals surface area contributed by atoms with Gasteiger partial charge in [0, 0.05) is 33.2 Å². The van der Waals surface area contributed by atoms with E-state index in [2.05, 4.69) is 10.2 Å². The van der Waals surface area contributed by atoms with Gasteiger partial charge in [-0.05, 0) is 20.8 Å². The highest BCUT2D eigenvalue weighted by Gasteiger charge is 2.34. The number of piperazine rings is 1. The van der Waals surface area contributed by atoms with E-state index in [9.17, 15) is 13.2 Å². The van der Waals surface area contributed by atoms with E-state index in [0.717, 1.165) is 5.69 Å². The number of rotatable bonds is 4. The van der Waals surface area contributed by atoms with Crippen molar-refractivity contribution in [2.24, 2.45) is 7.05 Å². The molecular formula is C16H23ClN6O3S. The van der Waals surface area contributed by atoms with E-state index in [4.69, 9.17) is 11.6 Å². The van der Waals surface area contributed by atoms with E-state index in [1.807, 2.05) is 0 Å². The standard InChI is InChI=1S/C16H23ClN6O3S/c1-11-14(17)9-19-23(11)13(3)16(24)21-5-7-22(8-6-21)27(25,26)15-10-18-20(4)12(15)2/h9-10,13H,5-8H2,1-4H3. The summed E-state index contributed by atoms with van der Waals surface area (Å²) in [6.07, 6.45) is 2.88. The molecule has 1 aliphatic rings. The third-order valence-corrected chi connectivity index (χ3v) is 7.44. The number of hydrogen-bond donors (Lipinski definition) is 0. The quantitative estimate of drug-likeness (QED) is 0.743. The largest absolute Gasteiger partial charge is 0.338 e. The van der Waals surface area contributed by atoms with Crippen LogP contribution in [0.4, 0.5) is 0 Å². The van der Waals surface area contributed by atoms with Gasteiger partial charge in [0.15, 0.2) is 0 Å². The highest BCUT2D eigenvalue weighted by molar-refractivity contribution is 7.89. The average Bonchev–Trinajstić information content (AvgIpc) is 3.16. The van der Waals surface area contributed by atoms with E-state index < -0.39 is 16.1 Å². The van der Waals surface area contributed by atoms with Crippen molar-refractivity contribution in [1.29, 1.82) is 0 Å². The summed E-state index contributed by atoms with van der Waals surface area (Å²) < 4.78 is 30.2. The highest BCUT2D eigenvalue weighted by Crippen LogP contribution is 2.23. The first-order valence-electron chi connectivity index (χ1n) is 8.61. The number of carbonyl (C=O) groups is 1. The van der Waals surface area contributed by atoms with E-state index in [-0.39, 0.29) is 23.9 Å². The minimum Gasteiger partial charge on any atom is -0.338 e. The van der Waals surface area contributed by atoms with Crippen LogP contribution in [0.3, 0.4) is 0 Å². The van der Waals surface area contributed by atoms with Crippen LogP contribution in [0.25, 0.3) is 0 Å². The SMILES string of the molecule is Cc1c(S(=O)(=O)N2CCN(C(=O)C(C)n3ncc(Cl)c3C)CC2)cnn1C. The number of halogens is 1. The number of aryl methyl sites for hydroxylation is 1. The van der Waals surface area contributed by atoms with Crippen LogP contribution >= 0.6 is 11.6 Å². The van der Waals surface area contributed by atoms with Gasteiger partial charge in [-0.15, -0.1) is 0 Å². The van der Waals surface area contributed by atoms with Crippen molar-refractivity contribution in [3.05, 3.63) is 28.8 Å². The van der Waals surface area contributed by atoms with Crippen LogP contribution in [0.1, 0.15) is 24.4 Å². The molecule has 1 amide bonds. The van der Waals surface area contributed by atoms with Crippen LogP contribution in [0, 0.1) is 13.8 Å². The van der Waals surface area contributed by atoms with Crippen molar-refractivity contribution >= 4 is 27.5 Å². The second-order valence-corrected chi connectivity index (χ2v) is 8.96. The molecule has 0 aromatic carbocycles. The maximum atomic E-state index is 12.8. The molecule has 11 heteroatoms. The Kier molecular flexibility index (Phi) is 5.33. The Bertz CT molecular complexity index is 959. The first-order chi connectivity index (χ1) is 12.6. The maximum absolute atomic E-state index is 12.8. The van der Waals surface area contributed by atoms with Crippen molar-refractivity contribution < 1.29 is 13.2 Å². The number of sulfonamides is 1. The molecule has 2 aromatic rings. The van der Waals surface area contributed by atoms with Crippen LogP contribution in [0.5, 0.6) is 0 Å². The number of hydrogen-bond acceptors (Lipinski definition) is 5. The molecule has 0 aliphatic carbocycles. The highest BCUT2D eigenvalue weighted by atomic mass is 35.5. The Morgan fingerprint density at radius 3 is 2.22 bits per heavy atom. The van der Waals surface area contributed by atoms with E-state index in [1.54, 1.807) is 37.4 Å². The summed E-state index contributed by atoms with van der Waals surface area (Å²) in [5.41, 5.74) is 1.32. The zero-order valence-corrected chi connectivity index (χ0v) is 17.3. The van der Waals surface area contributed by atoms with Gasteiger partial charge in [-0.3, -0.25) is 14.2 Å². The van der Waals surface area contributed by atoms with Gasteiger partial charge in [-0.1, -0.05) is 11.6 Å². The Labute approximate surface area is 163 Å². The lowest BCUT2D eigenvalue weighted by atomic mass is 10.2. The van der Waals surface area contributed by atoms with Crippen molar-refractivity contribution in [2.45, 2.75) is 31.7 Å². The minimum absolute atomic E-state index is 0.104. The molecule has 1 unspecified atom stereocenters. The second kappa shape index (κ2) is 7.25. The lowest BCUT2D eigenvalue weighted by molar-refractivity contribution is -0.135. The predicted octanol–water partition coefficient (Wildman–Crippen LogP) is 0.981. The fourth-order valence-corrected chi connectivity index (χ4v) is 4.92. The first-order valence-corrected chi connectivity index (χ1v) is 10.4. The number of nitrogens with zero attached hydrogens (tertiary/aromatic N) is 6. The molecule has 2 aromatic heterocycles. The molecular weight excluding hydrogens is 392 g/mol. The molecule has 27 heavy (non-hydrogen) atoms. The normalized spacial score (nSPS) is 17.3. The monoisotopic (exact) mass is 414 g/mol. The summed E-state index contributed by atoms with van der Waals surface area (Å²) in [5, 5.41) is 8.68. The van der Waals surface area contributed by atoms with Gasteiger partial charge < -0.3 is 4.90 Å². The molecule has 0 radical (unpaired) electrons. The van der Waals surface area contributed by atoms with E-state index >= 15 is 0 Å². The summed E-state index contributed by atoms with van der Waals surface area (Å²) in [5.74, 6) is -0.104. The molecule has 148 valence electrons. The zero-order valence-electron chi connectivity index (χ0n) is 15.8. The third kappa shape index (κ3) is 3.48. The van der Waals surface area contributed by atoms with Gasteiger partial charge in [-0.2, -0.15) is 14.5 Å². The van der Waals surface area contributed by atoms with Crippen LogP contribution in [0.2, 0.25) is 5.02 Å². The summed E-state index contributed by atoms with van der Waals surface area (Å²) in [6.45, 7) is 6.44. The average molecular weight is 415 g/mol. The number of aromatic nitrogens is 4. The van der Waals surface area contributed by atoms with E-state index in [1.165, 1.54) is 21.4 Å². The lowest BCUT2D eigenvalue weighted by Gasteiger charge is -2.35. The van der Waals surface area contributed by atoms with Crippen LogP contribution in [-0.2, 0) is 21.9 Å². The van der Waals surface area contributed by atoms with Crippen molar-refractivity contribution in [2.75, 3.05) is 26.2 Å². The van der Waals surface area contributed by atoms with Gasteiger partial charge in [0.1, 0.15) is 10.9 Å². The predicted molar refractivity (Wildman–Crippen MR) is 100.0 cm³/mol. The van der Waals surface area contributed by atoms with Crippen molar-refractivity contribution in [3.63, 3.8) is 0 Å². The molecule has 9 nitrogen and oxygen atoms in total. The van der Waals surface area contributed by atoms with Gasteiger partial charge >= 0.3 is 0 Å². The number of carbonyl (C=O) groups excluding carboxylic acids is 1. The molecule has 0 spiro atoms. The summed E-state index contributed by atoms with van der Waals surface area (Å²) in [6, 6.07) is -0.499. The third-order valence-electron chi connectivity index (χ3n) is 5.07. The minimum atomic E-state index is -3.62. The molecule has 1 aliphatic heterocycles. The lowest BCUT2D eigenvalue weighted by Crippen LogP contribution is -2.51. The summed E-state index contributed by atoms with van der Waals surface area (Å²) in [4.78, 5) is 14.7. The van der Waals surface area contributed by atoms with Gasteiger partial charge in [-0.25, -0.2) is 8.42 Å². The molecule has 3 heterocycles. The summed E-state index contributed by atoms with van der Waals surface area (Å²) in [7, 11) is -1.92. The molecule has 0 bridgehead atoms. The van der Waals surface area contributed by atoms with Crippen molar-refractivity contribution in [1.82, 2.24) is 28.8 Å². The van der Waals surface area contributed by atoms with Gasteiger partial charge in [0.05, 0.1) is 28.8 Å². The zero-order chi connectivity index (χ0) is 19.9. The fourth-order valence-electron chi connectivity index (χ4n) is 3.18. The Morgan fingerprint density at radius 2 is 1.74 bits per heavy atom. The molecule has 1 fully saturated rings. The smallest absolute Gasteiger partial charge is 0.247 e. The van der Waals surface area contributed by atoms with Gasteiger partial charge in [0.2, 0.25) is 15.9 Å². The van der Waals surface area contributed by atoms with Gasteiger partial charge in [0.25, 0.3) is 0 Å². The Morgan fingerprint density at radius 1 is 1.11 bits per heavy atom. The molecule has 0 saturated carbocycles. The molecule has 1 saturated heterocycles. The molecule has 3 rings (SSSR count).